The molecule has 0 saturated heterocycles. The zero-order chi connectivity index (χ0) is 10.4. The van der Waals surface area contributed by atoms with E-state index >= 15 is 0 Å². The molecule has 0 fully saturated rings. The number of aliphatic hydroxyl groups is 1. The second-order valence-electron chi connectivity index (χ2n) is 3.45. The van der Waals surface area contributed by atoms with Crippen molar-refractivity contribution in [3.05, 3.63) is 18.2 Å². The molecule has 0 spiro atoms. The molecule has 0 unspecified atom stereocenters. The maximum absolute atomic E-state index is 8.89. The van der Waals surface area contributed by atoms with Crippen molar-refractivity contribution >= 4 is 0 Å². The van der Waals surface area contributed by atoms with E-state index < -0.39 is 0 Å². The summed E-state index contributed by atoms with van der Waals surface area (Å²) in [6.07, 6.45) is 4.85. The lowest BCUT2D eigenvalue weighted by Crippen LogP contribution is -2.28. The normalized spacial score (nSPS) is 11.1. The number of hydrogen-bond donors (Lipinski definition) is 1. The summed E-state index contributed by atoms with van der Waals surface area (Å²) in [6.45, 7) is 4.90. The highest BCUT2D eigenvalue weighted by Crippen LogP contribution is 2.01. The van der Waals surface area contributed by atoms with Crippen molar-refractivity contribution in [2.75, 3.05) is 19.7 Å². The quantitative estimate of drug-likeness (QED) is 0.727. The topological polar surface area (TPSA) is 41.3 Å². The van der Waals surface area contributed by atoms with Gasteiger partial charge in [-0.2, -0.15) is 0 Å². The zero-order valence-electron chi connectivity index (χ0n) is 8.98. The van der Waals surface area contributed by atoms with Gasteiger partial charge in [-0.1, -0.05) is 6.92 Å². The van der Waals surface area contributed by atoms with E-state index in [0.717, 1.165) is 31.9 Å². The highest BCUT2D eigenvalue weighted by Gasteiger charge is 2.06. The van der Waals surface area contributed by atoms with Crippen molar-refractivity contribution in [3.8, 4) is 0 Å². The molecule has 0 amide bonds. The molecule has 80 valence electrons. The Balaban J connectivity index is 2.50. The third-order valence-corrected chi connectivity index (χ3v) is 2.24. The summed E-state index contributed by atoms with van der Waals surface area (Å²) in [4.78, 5) is 6.47. The van der Waals surface area contributed by atoms with Crippen LogP contribution in [0.25, 0.3) is 0 Å². The number of aryl methyl sites for hydroxylation is 1. The van der Waals surface area contributed by atoms with Crippen LogP contribution in [0, 0.1) is 0 Å². The van der Waals surface area contributed by atoms with E-state index in [0.29, 0.717) is 0 Å². The van der Waals surface area contributed by atoms with Crippen LogP contribution in [0.4, 0.5) is 0 Å². The number of aromatic nitrogens is 2. The summed E-state index contributed by atoms with van der Waals surface area (Å²) in [5.41, 5.74) is 0. The van der Waals surface area contributed by atoms with Gasteiger partial charge in [-0.3, -0.25) is 4.90 Å². The van der Waals surface area contributed by atoms with Gasteiger partial charge >= 0.3 is 0 Å². The lowest BCUT2D eigenvalue weighted by atomic mass is 10.4. The van der Waals surface area contributed by atoms with Gasteiger partial charge in [0, 0.05) is 26.0 Å². The van der Waals surface area contributed by atoms with Crippen LogP contribution >= 0.6 is 0 Å². The molecule has 0 saturated carbocycles. The molecule has 1 rings (SSSR count). The molecule has 0 aliphatic rings. The minimum absolute atomic E-state index is 0.213. The van der Waals surface area contributed by atoms with Crippen molar-refractivity contribution in [1.82, 2.24) is 14.5 Å². The Labute approximate surface area is 85.2 Å². The average Bonchev–Trinajstić information content (AvgIpc) is 2.53. The van der Waals surface area contributed by atoms with Crippen molar-refractivity contribution in [1.29, 1.82) is 0 Å². The number of aliphatic hydroxyl groups excluding tert-OH is 1. The van der Waals surface area contributed by atoms with Gasteiger partial charge in [0.2, 0.25) is 0 Å². The van der Waals surface area contributed by atoms with Gasteiger partial charge < -0.3 is 9.67 Å². The van der Waals surface area contributed by atoms with E-state index in [-0.39, 0.29) is 6.61 Å². The van der Waals surface area contributed by atoms with Crippen LogP contribution in [0.15, 0.2) is 12.4 Å². The van der Waals surface area contributed by atoms with E-state index in [1.54, 1.807) is 6.20 Å². The van der Waals surface area contributed by atoms with Crippen LogP contribution in [-0.2, 0) is 13.6 Å². The van der Waals surface area contributed by atoms with E-state index in [2.05, 4.69) is 16.8 Å². The van der Waals surface area contributed by atoms with E-state index in [4.69, 9.17) is 5.11 Å². The molecule has 0 aromatic carbocycles. The Morgan fingerprint density at radius 1 is 1.50 bits per heavy atom. The summed E-state index contributed by atoms with van der Waals surface area (Å²) < 4.78 is 2.01. The Kier molecular flexibility index (Phi) is 4.62. The standard InChI is InChI=1S/C10H19N3O/c1-3-5-13(7-8-14)9-10-11-4-6-12(10)2/h4,6,14H,3,5,7-9H2,1-2H3. The second-order valence-corrected chi connectivity index (χ2v) is 3.45. The van der Waals surface area contributed by atoms with Gasteiger partial charge in [-0.25, -0.2) is 4.98 Å². The highest BCUT2D eigenvalue weighted by atomic mass is 16.3. The van der Waals surface area contributed by atoms with Gasteiger partial charge in [0.15, 0.2) is 0 Å². The molecule has 1 heterocycles. The smallest absolute Gasteiger partial charge is 0.122 e. The lowest BCUT2D eigenvalue weighted by Gasteiger charge is -2.19. The van der Waals surface area contributed by atoms with Crippen molar-refractivity contribution in [3.63, 3.8) is 0 Å². The SMILES string of the molecule is CCCN(CCO)Cc1nccn1C. The summed E-state index contributed by atoms with van der Waals surface area (Å²) >= 11 is 0. The minimum atomic E-state index is 0.213. The first-order chi connectivity index (χ1) is 6.77. The maximum Gasteiger partial charge on any atom is 0.122 e. The van der Waals surface area contributed by atoms with E-state index in [1.807, 2.05) is 17.8 Å². The Morgan fingerprint density at radius 2 is 2.29 bits per heavy atom. The molecule has 0 bridgehead atoms. The molecule has 0 atom stereocenters. The van der Waals surface area contributed by atoms with Crippen molar-refractivity contribution < 1.29 is 5.11 Å². The van der Waals surface area contributed by atoms with Gasteiger partial charge in [-0.05, 0) is 13.0 Å². The molecular weight excluding hydrogens is 178 g/mol. The Bertz CT molecular complexity index is 254. The largest absolute Gasteiger partial charge is 0.395 e. The first-order valence-electron chi connectivity index (χ1n) is 5.07. The number of imidazole rings is 1. The fourth-order valence-electron chi connectivity index (χ4n) is 1.48. The first kappa shape index (κ1) is 11.2. The second kappa shape index (κ2) is 5.78. The van der Waals surface area contributed by atoms with Crippen molar-refractivity contribution in [2.45, 2.75) is 19.9 Å². The average molecular weight is 197 g/mol. The number of rotatable bonds is 6. The van der Waals surface area contributed by atoms with Crippen LogP contribution in [-0.4, -0.2) is 39.3 Å². The van der Waals surface area contributed by atoms with Gasteiger partial charge in [-0.15, -0.1) is 0 Å². The molecule has 14 heavy (non-hydrogen) atoms. The van der Waals surface area contributed by atoms with E-state index in [1.165, 1.54) is 0 Å². The third kappa shape index (κ3) is 3.12. The predicted octanol–water partition coefficient (Wildman–Crippen LogP) is 0.624. The van der Waals surface area contributed by atoms with E-state index in [9.17, 15) is 0 Å². The van der Waals surface area contributed by atoms with Gasteiger partial charge in [0.25, 0.3) is 0 Å². The molecule has 4 nitrogen and oxygen atoms in total. The molecular formula is C10H19N3O. The molecule has 0 aliphatic heterocycles. The summed E-state index contributed by atoms with van der Waals surface area (Å²) in [6, 6.07) is 0. The van der Waals surface area contributed by atoms with Crippen LogP contribution in [0.1, 0.15) is 19.2 Å². The summed E-state index contributed by atoms with van der Waals surface area (Å²) in [7, 11) is 1.99. The lowest BCUT2D eigenvalue weighted by molar-refractivity contribution is 0.186. The highest BCUT2D eigenvalue weighted by molar-refractivity contribution is 4.90. The molecule has 0 aliphatic carbocycles. The summed E-state index contributed by atoms with van der Waals surface area (Å²) in [5, 5.41) is 8.89. The number of nitrogens with zero attached hydrogens (tertiary/aromatic N) is 3. The third-order valence-electron chi connectivity index (χ3n) is 2.24. The van der Waals surface area contributed by atoms with Crippen LogP contribution in [0.5, 0.6) is 0 Å². The molecule has 0 radical (unpaired) electrons. The number of hydrogen-bond acceptors (Lipinski definition) is 3. The Hall–Kier alpha value is -0.870. The Morgan fingerprint density at radius 3 is 2.79 bits per heavy atom. The van der Waals surface area contributed by atoms with Gasteiger partial charge in [0.05, 0.1) is 13.2 Å². The van der Waals surface area contributed by atoms with Crippen molar-refractivity contribution in [2.24, 2.45) is 7.05 Å². The zero-order valence-corrected chi connectivity index (χ0v) is 8.98. The minimum Gasteiger partial charge on any atom is -0.395 e. The van der Waals surface area contributed by atoms with Crippen LogP contribution < -0.4 is 0 Å². The molecule has 1 N–H and O–H groups in total. The first-order valence-corrected chi connectivity index (χ1v) is 5.07. The summed E-state index contributed by atoms with van der Waals surface area (Å²) in [5.74, 6) is 1.05. The monoisotopic (exact) mass is 197 g/mol. The molecule has 1 aromatic heterocycles. The fourth-order valence-corrected chi connectivity index (χ4v) is 1.48. The van der Waals surface area contributed by atoms with Gasteiger partial charge in [0.1, 0.15) is 5.82 Å². The predicted molar refractivity (Wildman–Crippen MR) is 55.9 cm³/mol. The van der Waals surface area contributed by atoms with Crippen LogP contribution in [0.3, 0.4) is 0 Å². The molecule has 4 heteroatoms. The van der Waals surface area contributed by atoms with Crippen LogP contribution in [0.2, 0.25) is 0 Å². The molecule has 1 aromatic rings. The maximum atomic E-state index is 8.89. The fraction of sp³-hybridized carbons (Fsp3) is 0.700.